The van der Waals surface area contributed by atoms with E-state index in [4.69, 9.17) is 9.29 Å². The molecule has 1 amide bonds. The van der Waals surface area contributed by atoms with Gasteiger partial charge in [0.2, 0.25) is 0 Å². The summed E-state index contributed by atoms with van der Waals surface area (Å²) in [5.41, 5.74) is 0. The Labute approximate surface area is 153 Å². The van der Waals surface area contributed by atoms with Gasteiger partial charge in [0.05, 0.1) is 6.61 Å². The molecule has 0 saturated carbocycles. The van der Waals surface area contributed by atoms with Crippen molar-refractivity contribution >= 4 is 18.3 Å². The van der Waals surface area contributed by atoms with E-state index in [9.17, 15) is 4.79 Å². The third-order valence-corrected chi connectivity index (χ3v) is 4.81. The van der Waals surface area contributed by atoms with Gasteiger partial charge in [-0.2, -0.15) is 0 Å². The van der Waals surface area contributed by atoms with Crippen LogP contribution in [0.25, 0.3) is 0 Å². The second-order valence-electron chi connectivity index (χ2n) is 6.62. The topological polar surface area (TPSA) is 58.6 Å². The molecule has 0 aromatic carbocycles. The second kappa shape index (κ2) is 20.6. The van der Waals surface area contributed by atoms with Crippen molar-refractivity contribution in [2.45, 2.75) is 110 Å². The van der Waals surface area contributed by atoms with Gasteiger partial charge in [-0.15, -0.1) is 0 Å². The minimum Gasteiger partial charge on any atom is -0.464 e. The zero-order chi connectivity index (χ0) is 17.7. The molecule has 0 bridgehead atoms. The van der Waals surface area contributed by atoms with Crippen LogP contribution >= 0.6 is 12.2 Å². The van der Waals surface area contributed by atoms with E-state index in [0.29, 0.717) is 6.61 Å². The smallest absolute Gasteiger partial charge is 0.416 e. The molecule has 4 nitrogen and oxygen atoms in total. The lowest BCUT2D eigenvalue weighted by Crippen LogP contribution is -2.12. The number of hydrogen-bond acceptors (Lipinski definition) is 3. The van der Waals surface area contributed by atoms with Gasteiger partial charge in [0.15, 0.2) is 0 Å². The van der Waals surface area contributed by atoms with Gasteiger partial charge in [0.1, 0.15) is 12.2 Å². The zero-order valence-electron chi connectivity index (χ0n) is 15.7. The van der Waals surface area contributed by atoms with Crippen LogP contribution in [0.15, 0.2) is 0 Å². The second-order valence-corrected chi connectivity index (χ2v) is 7.22. The maximum absolute atomic E-state index is 10.2. The molecule has 0 rings (SSSR count). The zero-order valence-corrected chi connectivity index (χ0v) is 16.5. The van der Waals surface area contributed by atoms with Crippen molar-refractivity contribution in [2.75, 3.05) is 6.61 Å². The molecular formula is C19H39NO3S. The van der Waals surface area contributed by atoms with Gasteiger partial charge in [-0.25, -0.2) is 9.52 Å². The Balaban J connectivity index is 2.97. The van der Waals surface area contributed by atoms with Crippen molar-refractivity contribution in [1.29, 1.82) is 0 Å². The van der Waals surface area contributed by atoms with Crippen molar-refractivity contribution in [3.8, 4) is 0 Å². The molecule has 0 spiro atoms. The van der Waals surface area contributed by atoms with Gasteiger partial charge < -0.3 is 5.11 Å². The molecule has 0 unspecified atom stereocenters. The molecule has 0 fully saturated rings. The molecule has 0 aliphatic rings. The minimum atomic E-state index is -1.06. The van der Waals surface area contributed by atoms with Crippen molar-refractivity contribution in [3.63, 3.8) is 0 Å². The summed E-state index contributed by atoms with van der Waals surface area (Å²) in [5, 5.41) is 8.35. The first-order valence-corrected chi connectivity index (χ1v) is 10.8. The van der Waals surface area contributed by atoms with E-state index in [0.717, 1.165) is 18.6 Å². The van der Waals surface area contributed by atoms with Gasteiger partial charge >= 0.3 is 6.09 Å². The Bertz CT molecular complexity index is 265. The summed E-state index contributed by atoms with van der Waals surface area (Å²) in [7, 11) is 0. The maximum atomic E-state index is 10.2. The molecule has 0 aromatic heterocycles. The van der Waals surface area contributed by atoms with E-state index in [2.05, 4.69) is 11.6 Å². The van der Waals surface area contributed by atoms with Gasteiger partial charge in [0.25, 0.3) is 0 Å². The SMILES string of the molecule is CCCCCCCCCCCCCCCCCCOSNC(=O)O. The summed E-state index contributed by atoms with van der Waals surface area (Å²) in [6.45, 7) is 2.89. The summed E-state index contributed by atoms with van der Waals surface area (Å²) >= 11 is 0.799. The van der Waals surface area contributed by atoms with E-state index < -0.39 is 6.09 Å². The monoisotopic (exact) mass is 361 g/mol. The first-order valence-electron chi connectivity index (χ1n) is 10.0. The van der Waals surface area contributed by atoms with Crippen LogP contribution in [-0.2, 0) is 4.18 Å². The lowest BCUT2D eigenvalue weighted by molar-refractivity contribution is 0.201. The van der Waals surface area contributed by atoms with Crippen LogP contribution < -0.4 is 4.72 Å². The van der Waals surface area contributed by atoms with E-state index >= 15 is 0 Å². The number of amides is 1. The van der Waals surface area contributed by atoms with Crippen molar-refractivity contribution in [2.24, 2.45) is 0 Å². The molecule has 0 atom stereocenters. The predicted molar refractivity (Wildman–Crippen MR) is 104 cm³/mol. The summed E-state index contributed by atoms with van der Waals surface area (Å²) in [6, 6.07) is 0. The molecule has 5 heteroatoms. The van der Waals surface area contributed by atoms with E-state index in [1.54, 1.807) is 0 Å². The number of rotatable bonds is 19. The Kier molecular flexibility index (Phi) is 20.3. The number of unbranched alkanes of at least 4 members (excludes halogenated alkanes) is 15. The van der Waals surface area contributed by atoms with Crippen molar-refractivity contribution in [3.05, 3.63) is 0 Å². The average Bonchev–Trinajstić information content (AvgIpc) is 2.56. The van der Waals surface area contributed by atoms with Gasteiger partial charge in [0, 0.05) is 0 Å². The van der Waals surface area contributed by atoms with E-state index in [1.165, 1.54) is 96.3 Å². The molecule has 144 valence electrons. The summed E-state index contributed by atoms with van der Waals surface area (Å²) in [4.78, 5) is 10.2. The Morgan fingerprint density at radius 2 is 1.12 bits per heavy atom. The lowest BCUT2D eigenvalue weighted by Gasteiger charge is -2.04. The molecule has 24 heavy (non-hydrogen) atoms. The number of hydrogen-bond donors (Lipinski definition) is 2. The molecule has 0 heterocycles. The normalized spacial score (nSPS) is 10.9. The third-order valence-electron chi connectivity index (χ3n) is 4.27. The van der Waals surface area contributed by atoms with Crippen LogP contribution in [-0.4, -0.2) is 17.8 Å². The van der Waals surface area contributed by atoms with Crippen molar-refractivity contribution in [1.82, 2.24) is 4.72 Å². The lowest BCUT2D eigenvalue weighted by atomic mass is 10.0. The molecule has 0 radical (unpaired) electrons. The number of carbonyl (C=O) groups is 1. The van der Waals surface area contributed by atoms with Crippen LogP contribution in [0.5, 0.6) is 0 Å². The van der Waals surface area contributed by atoms with Gasteiger partial charge in [-0.3, -0.25) is 4.18 Å². The van der Waals surface area contributed by atoms with Crippen LogP contribution in [0.4, 0.5) is 4.79 Å². The largest absolute Gasteiger partial charge is 0.464 e. The first-order chi connectivity index (χ1) is 11.8. The Morgan fingerprint density at radius 1 is 0.750 bits per heavy atom. The van der Waals surface area contributed by atoms with Crippen LogP contribution in [0.3, 0.4) is 0 Å². The molecule has 0 aliphatic heterocycles. The molecule has 0 aromatic rings. The minimum absolute atomic E-state index is 0.614. The molecule has 0 aliphatic carbocycles. The van der Waals surface area contributed by atoms with Gasteiger partial charge in [-0.05, 0) is 6.42 Å². The van der Waals surface area contributed by atoms with E-state index in [-0.39, 0.29) is 0 Å². The van der Waals surface area contributed by atoms with E-state index in [1.807, 2.05) is 0 Å². The standard InChI is InChI=1S/C19H39NO3S/c1-2-3-4-5-6-7-8-9-10-11-12-13-14-15-16-17-18-23-24-20-19(21)22/h20H,2-18H2,1H3,(H,21,22). The highest BCUT2D eigenvalue weighted by Gasteiger charge is 1.96. The fourth-order valence-corrected chi connectivity index (χ4v) is 3.15. The third kappa shape index (κ3) is 21.6. The molecule has 0 saturated heterocycles. The van der Waals surface area contributed by atoms with Crippen molar-refractivity contribution < 1.29 is 14.1 Å². The fraction of sp³-hybridized carbons (Fsp3) is 0.947. The summed E-state index contributed by atoms with van der Waals surface area (Å²) in [6.07, 6.45) is 20.6. The van der Waals surface area contributed by atoms with Crippen LogP contribution in [0, 0.1) is 0 Å². The summed E-state index contributed by atoms with van der Waals surface area (Å²) in [5.74, 6) is 0. The first kappa shape index (κ1) is 23.6. The quantitative estimate of drug-likeness (QED) is 0.146. The molecular weight excluding hydrogens is 322 g/mol. The van der Waals surface area contributed by atoms with Gasteiger partial charge in [-0.1, -0.05) is 103 Å². The summed E-state index contributed by atoms with van der Waals surface area (Å²) < 4.78 is 7.20. The predicted octanol–water partition coefficient (Wildman–Crippen LogP) is 7.10. The molecule has 2 N–H and O–H groups in total. The fourth-order valence-electron chi connectivity index (χ4n) is 2.82. The number of nitrogens with one attached hydrogen (secondary N) is 1. The maximum Gasteiger partial charge on any atom is 0.416 e. The van der Waals surface area contributed by atoms with Crippen LogP contribution in [0.2, 0.25) is 0 Å². The van der Waals surface area contributed by atoms with Crippen LogP contribution in [0.1, 0.15) is 110 Å². The Morgan fingerprint density at radius 3 is 1.50 bits per heavy atom. The average molecular weight is 362 g/mol. The Hall–Kier alpha value is -0.420. The highest BCUT2D eigenvalue weighted by atomic mass is 32.2. The highest BCUT2D eigenvalue weighted by Crippen LogP contribution is 2.13. The highest BCUT2D eigenvalue weighted by molar-refractivity contribution is 7.93. The number of carboxylic acid groups (broad SMARTS) is 1.